The number of nitrogens with zero attached hydrogens (tertiary/aromatic N) is 6. The van der Waals surface area contributed by atoms with Gasteiger partial charge in [-0.1, -0.05) is 12.1 Å². The van der Waals surface area contributed by atoms with E-state index < -0.39 is 10.0 Å². The maximum Gasteiger partial charge on any atom is 0.243 e. The summed E-state index contributed by atoms with van der Waals surface area (Å²) in [4.78, 5) is 24.0. The lowest BCUT2D eigenvalue weighted by atomic mass is 10.2. The van der Waals surface area contributed by atoms with Crippen LogP contribution in [0.15, 0.2) is 64.3 Å². The van der Waals surface area contributed by atoms with E-state index in [1.54, 1.807) is 10.4 Å². The summed E-state index contributed by atoms with van der Waals surface area (Å²) in [7, 11) is -3.69. The molecule has 0 unspecified atom stereocenters. The highest BCUT2D eigenvalue weighted by molar-refractivity contribution is 7.89. The number of piperazine rings is 1. The van der Waals surface area contributed by atoms with Crippen LogP contribution in [0, 0.1) is 11.3 Å². The summed E-state index contributed by atoms with van der Waals surface area (Å²) in [6.45, 7) is 1.10. The maximum absolute atomic E-state index is 13.2. The number of carbonyl (C=O) groups is 1. The first-order chi connectivity index (χ1) is 16.5. The van der Waals surface area contributed by atoms with Gasteiger partial charge in [0.1, 0.15) is 12.2 Å². The van der Waals surface area contributed by atoms with Gasteiger partial charge in [0.2, 0.25) is 15.9 Å². The van der Waals surface area contributed by atoms with Crippen molar-refractivity contribution in [2.45, 2.75) is 11.4 Å². The Morgan fingerprint density at radius 1 is 1.06 bits per heavy atom. The molecule has 1 fully saturated rings. The summed E-state index contributed by atoms with van der Waals surface area (Å²) in [5, 5.41) is 10.8. The molecule has 0 bridgehead atoms. The van der Waals surface area contributed by atoms with E-state index >= 15 is 0 Å². The molecule has 2 aromatic heterocycles. The minimum Gasteiger partial charge on any atom is -0.339 e. The quantitative estimate of drug-likeness (QED) is 0.423. The molecule has 1 amide bonds. The number of thiazole rings is 1. The van der Waals surface area contributed by atoms with E-state index in [4.69, 9.17) is 5.26 Å². The van der Waals surface area contributed by atoms with Crippen LogP contribution in [0.5, 0.6) is 0 Å². The molecule has 4 aromatic rings. The van der Waals surface area contributed by atoms with E-state index in [2.05, 4.69) is 9.97 Å². The van der Waals surface area contributed by atoms with Crippen molar-refractivity contribution in [1.82, 2.24) is 23.7 Å². The Kier molecular flexibility index (Phi) is 5.87. The average Bonchev–Trinajstić information content (AvgIpc) is 3.53. The summed E-state index contributed by atoms with van der Waals surface area (Å²) in [5.74, 6) is 0.535. The zero-order valence-electron chi connectivity index (χ0n) is 18.0. The number of hydrogen-bond acceptors (Lipinski definition) is 7. The second kappa shape index (κ2) is 8.98. The molecule has 0 saturated carbocycles. The highest BCUT2D eigenvalue weighted by atomic mass is 32.2. The predicted molar refractivity (Wildman–Crippen MR) is 127 cm³/mol. The predicted octanol–water partition coefficient (Wildman–Crippen LogP) is 2.56. The first kappa shape index (κ1) is 22.2. The molecule has 172 valence electrons. The summed E-state index contributed by atoms with van der Waals surface area (Å²) >= 11 is 1.46. The molecule has 1 saturated heterocycles. The molecule has 0 radical (unpaired) electrons. The number of nitriles is 1. The van der Waals surface area contributed by atoms with Gasteiger partial charge >= 0.3 is 0 Å². The fourth-order valence-electron chi connectivity index (χ4n) is 4.02. The number of aromatic nitrogens is 3. The Morgan fingerprint density at radius 3 is 2.47 bits per heavy atom. The third kappa shape index (κ3) is 4.07. The third-order valence-corrected chi connectivity index (χ3v) is 8.32. The largest absolute Gasteiger partial charge is 0.339 e. The lowest BCUT2D eigenvalue weighted by Crippen LogP contribution is -2.51. The van der Waals surface area contributed by atoms with Gasteiger partial charge < -0.3 is 9.47 Å². The number of rotatable bonds is 5. The first-order valence-electron chi connectivity index (χ1n) is 10.6. The van der Waals surface area contributed by atoms with Gasteiger partial charge in [0.25, 0.3) is 0 Å². The van der Waals surface area contributed by atoms with Crippen molar-refractivity contribution in [3.05, 3.63) is 65.0 Å². The van der Waals surface area contributed by atoms with Crippen LogP contribution in [0.3, 0.4) is 0 Å². The standard InChI is InChI=1S/C23H20N6O3S2/c24-13-17-5-7-18(8-6-17)34(31,32)28-11-9-27(10-12-28)22(30)14-29-21-4-2-1-3-19(21)26-23(29)20-15-33-16-25-20/h1-8,15-16H,9-12,14H2. The van der Waals surface area contributed by atoms with Gasteiger partial charge in [-0.3, -0.25) is 4.79 Å². The Hall–Kier alpha value is -3.59. The first-order valence-corrected chi connectivity index (χ1v) is 13.0. The van der Waals surface area contributed by atoms with Gasteiger partial charge in [0, 0.05) is 31.6 Å². The normalized spacial score (nSPS) is 14.9. The van der Waals surface area contributed by atoms with Crippen molar-refractivity contribution < 1.29 is 13.2 Å². The van der Waals surface area contributed by atoms with Gasteiger partial charge in [0.15, 0.2) is 5.82 Å². The summed E-state index contributed by atoms with van der Waals surface area (Å²) in [6, 6.07) is 15.5. The zero-order valence-corrected chi connectivity index (χ0v) is 19.7. The van der Waals surface area contributed by atoms with Crippen LogP contribution in [0.2, 0.25) is 0 Å². The molecule has 5 rings (SSSR count). The number of benzene rings is 2. The van der Waals surface area contributed by atoms with Gasteiger partial charge in [-0.15, -0.1) is 11.3 Å². The van der Waals surface area contributed by atoms with E-state index in [0.29, 0.717) is 30.2 Å². The van der Waals surface area contributed by atoms with E-state index in [1.165, 1.54) is 39.9 Å². The minimum atomic E-state index is -3.69. The Bertz CT molecular complexity index is 1480. The topological polar surface area (TPSA) is 112 Å². The van der Waals surface area contributed by atoms with Crippen LogP contribution >= 0.6 is 11.3 Å². The fourth-order valence-corrected chi connectivity index (χ4v) is 5.97. The summed E-state index contributed by atoms with van der Waals surface area (Å²) < 4.78 is 29.2. The van der Waals surface area contributed by atoms with E-state index in [9.17, 15) is 13.2 Å². The number of fused-ring (bicyclic) bond motifs is 1. The van der Waals surface area contributed by atoms with E-state index in [0.717, 1.165) is 11.0 Å². The molecule has 2 aromatic carbocycles. The van der Waals surface area contributed by atoms with Crippen LogP contribution in [-0.2, 0) is 21.4 Å². The van der Waals surface area contributed by atoms with Crippen molar-refractivity contribution in [2.75, 3.05) is 26.2 Å². The molecule has 3 heterocycles. The van der Waals surface area contributed by atoms with E-state index in [-0.39, 0.29) is 30.4 Å². The lowest BCUT2D eigenvalue weighted by molar-refractivity contribution is -0.132. The molecule has 34 heavy (non-hydrogen) atoms. The number of hydrogen-bond donors (Lipinski definition) is 0. The zero-order chi connectivity index (χ0) is 23.7. The van der Waals surface area contributed by atoms with Crippen molar-refractivity contribution in [2.24, 2.45) is 0 Å². The average molecular weight is 493 g/mol. The second-order valence-corrected chi connectivity index (χ2v) is 10.5. The van der Waals surface area contributed by atoms with Crippen LogP contribution in [0.4, 0.5) is 0 Å². The Labute approximate surface area is 200 Å². The molecule has 0 N–H and O–H groups in total. The molecule has 0 aliphatic carbocycles. The lowest BCUT2D eigenvalue weighted by Gasteiger charge is -2.34. The molecular weight excluding hydrogens is 472 g/mol. The molecule has 11 heteroatoms. The van der Waals surface area contributed by atoms with Gasteiger partial charge in [-0.25, -0.2) is 18.4 Å². The maximum atomic E-state index is 13.2. The van der Waals surface area contributed by atoms with Crippen molar-refractivity contribution >= 4 is 38.3 Å². The smallest absolute Gasteiger partial charge is 0.243 e. The van der Waals surface area contributed by atoms with E-state index in [1.807, 2.05) is 40.3 Å². The number of para-hydroxylation sites is 2. The SMILES string of the molecule is N#Cc1ccc(S(=O)(=O)N2CCN(C(=O)Cn3c(-c4cscn4)nc4ccccc43)CC2)cc1. The highest BCUT2D eigenvalue weighted by Gasteiger charge is 2.30. The number of sulfonamides is 1. The van der Waals surface area contributed by atoms with Crippen molar-refractivity contribution in [3.8, 4) is 17.6 Å². The molecule has 9 nitrogen and oxygen atoms in total. The monoisotopic (exact) mass is 492 g/mol. The molecule has 0 spiro atoms. The molecular formula is C23H20N6O3S2. The molecule has 0 atom stereocenters. The van der Waals surface area contributed by atoms with Crippen LogP contribution < -0.4 is 0 Å². The van der Waals surface area contributed by atoms with Crippen molar-refractivity contribution in [3.63, 3.8) is 0 Å². The van der Waals surface area contributed by atoms with Crippen LogP contribution in [-0.4, -0.2) is 64.2 Å². The van der Waals surface area contributed by atoms with Crippen molar-refractivity contribution in [1.29, 1.82) is 5.26 Å². The molecule has 1 aliphatic heterocycles. The number of amides is 1. The third-order valence-electron chi connectivity index (χ3n) is 5.82. The Morgan fingerprint density at radius 2 is 1.79 bits per heavy atom. The fraction of sp³-hybridized carbons (Fsp3) is 0.217. The van der Waals surface area contributed by atoms with Crippen LogP contribution in [0.1, 0.15) is 5.56 Å². The second-order valence-electron chi connectivity index (χ2n) is 7.81. The summed E-state index contributed by atoms with van der Waals surface area (Å²) in [6.07, 6.45) is 0. The van der Waals surface area contributed by atoms with Crippen LogP contribution in [0.25, 0.3) is 22.6 Å². The number of carbonyl (C=O) groups excluding carboxylic acids is 1. The number of imidazole rings is 1. The minimum absolute atomic E-state index is 0.0930. The van der Waals surface area contributed by atoms with Gasteiger partial charge in [-0.05, 0) is 36.4 Å². The Balaban J connectivity index is 1.31. The molecule has 1 aliphatic rings. The highest BCUT2D eigenvalue weighted by Crippen LogP contribution is 2.25. The summed E-state index contributed by atoms with van der Waals surface area (Å²) in [5.41, 5.74) is 4.48. The van der Waals surface area contributed by atoms with Gasteiger partial charge in [0.05, 0.1) is 33.1 Å². The van der Waals surface area contributed by atoms with Gasteiger partial charge in [-0.2, -0.15) is 9.57 Å².